The third-order valence-electron chi connectivity index (χ3n) is 5.86. The second-order valence-electron chi connectivity index (χ2n) is 7.25. The van der Waals surface area contributed by atoms with Gasteiger partial charge in [-0.2, -0.15) is 0 Å². The van der Waals surface area contributed by atoms with Crippen molar-refractivity contribution in [3.63, 3.8) is 0 Å². The van der Waals surface area contributed by atoms with E-state index in [-0.39, 0.29) is 5.60 Å². The van der Waals surface area contributed by atoms with Crippen LogP contribution < -0.4 is 5.73 Å². The quantitative estimate of drug-likeness (QED) is 0.841. The van der Waals surface area contributed by atoms with Crippen LogP contribution in [0, 0.1) is 11.8 Å². The minimum atomic E-state index is 0.249. The molecule has 2 N–H and O–H groups in total. The average Bonchev–Trinajstić information content (AvgIpc) is 3.10. The monoisotopic (exact) mass is 281 g/mol. The molecular formula is C17H31NO2. The summed E-state index contributed by atoms with van der Waals surface area (Å²) in [5.74, 6) is 1.38. The molecule has 0 radical (unpaired) electrons. The van der Waals surface area contributed by atoms with Crippen LogP contribution in [0.25, 0.3) is 0 Å². The van der Waals surface area contributed by atoms with Crippen molar-refractivity contribution in [2.24, 2.45) is 17.6 Å². The predicted molar refractivity (Wildman–Crippen MR) is 80.6 cm³/mol. The van der Waals surface area contributed by atoms with Crippen molar-refractivity contribution in [3.05, 3.63) is 0 Å². The molecule has 2 aliphatic carbocycles. The van der Waals surface area contributed by atoms with Gasteiger partial charge in [0.15, 0.2) is 0 Å². The highest BCUT2D eigenvalue weighted by atomic mass is 16.6. The van der Waals surface area contributed by atoms with Crippen molar-refractivity contribution in [1.29, 1.82) is 0 Å². The lowest BCUT2D eigenvalue weighted by Crippen LogP contribution is -2.31. The van der Waals surface area contributed by atoms with E-state index >= 15 is 0 Å². The lowest BCUT2D eigenvalue weighted by Gasteiger charge is -2.30. The highest BCUT2D eigenvalue weighted by Crippen LogP contribution is 2.43. The molecule has 3 atom stereocenters. The van der Waals surface area contributed by atoms with Gasteiger partial charge in [0.05, 0.1) is 18.3 Å². The molecule has 3 nitrogen and oxygen atoms in total. The van der Waals surface area contributed by atoms with Gasteiger partial charge in [0, 0.05) is 6.61 Å². The van der Waals surface area contributed by atoms with Gasteiger partial charge in [-0.05, 0) is 56.9 Å². The third-order valence-corrected chi connectivity index (χ3v) is 5.86. The van der Waals surface area contributed by atoms with Gasteiger partial charge in [0.1, 0.15) is 0 Å². The Kier molecular flexibility index (Phi) is 5.00. The standard InChI is InChI=1S/C17H31NO2/c18-11-14-5-1-2-6-15(14)12-19-13-16-7-10-17(20-16)8-3-4-9-17/h14-16H,1-13,18H2. The lowest BCUT2D eigenvalue weighted by atomic mass is 9.80. The average molecular weight is 281 g/mol. The number of hydrogen-bond acceptors (Lipinski definition) is 3. The maximum Gasteiger partial charge on any atom is 0.0817 e. The predicted octanol–water partition coefficient (Wildman–Crippen LogP) is 3.26. The molecule has 1 aliphatic heterocycles. The van der Waals surface area contributed by atoms with Crippen molar-refractivity contribution in [1.82, 2.24) is 0 Å². The molecule has 3 heteroatoms. The molecule has 0 aromatic carbocycles. The summed E-state index contributed by atoms with van der Waals surface area (Å²) in [5, 5.41) is 0. The minimum absolute atomic E-state index is 0.249. The molecule has 0 amide bonds. The van der Waals surface area contributed by atoms with Crippen molar-refractivity contribution < 1.29 is 9.47 Å². The summed E-state index contributed by atoms with van der Waals surface area (Å²) >= 11 is 0. The van der Waals surface area contributed by atoms with Crippen molar-refractivity contribution in [2.75, 3.05) is 19.8 Å². The van der Waals surface area contributed by atoms with Crippen LogP contribution in [-0.4, -0.2) is 31.5 Å². The topological polar surface area (TPSA) is 44.5 Å². The zero-order chi connectivity index (χ0) is 13.8. The summed E-state index contributed by atoms with van der Waals surface area (Å²) in [6, 6.07) is 0. The second kappa shape index (κ2) is 6.76. The van der Waals surface area contributed by atoms with E-state index in [1.165, 1.54) is 64.2 Å². The summed E-state index contributed by atoms with van der Waals surface area (Å²) in [4.78, 5) is 0. The van der Waals surface area contributed by atoms with Crippen LogP contribution >= 0.6 is 0 Å². The van der Waals surface area contributed by atoms with Crippen LogP contribution in [-0.2, 0) is 9.47 Å². The first kappa shape index (κ1) is 14.8. The van der Waals surface area contributed by atoms with Gasteiger partial charge in [-0.25, -0.2) is 0 Å². The molecule has 3 rings (SSSR count). The Morgan fingerprint density at radius 1 is 0.900 bits per heavy atom. The molecule has 1 spiro atoms. The largest absolute Gasteiger partial charge is 0.378 e. The van der Waals surface area contributed by atoms with E-state index in [1.807, 2.05) is 0 Å². The summed E-state index contributed by atoms with van der Waals surface area (Å²) < 4.78 is 12.3. The Bertz CT molecular complexity index is 301. The first-order valence-electron chi connectivity index (χ1n) is 8.77. The van der Waals surface area contributed by atoms with E-state index in [0.717, 1.165) is 19.8 Å². The molecule has 116 valence electrons. The number of rotatable bonds is 5. The zero-order valence-corrected chi connectivity index (χ0v) is 12.8. The SMILES string of the molecule is NCC1CCCCC1COCC1CCC2(CCCC2)O1. The molecule has 2 saturated carbocycles. The Hall–Kier alpha value is -0.120. The van der Waals surface area contributed by atoms with Crippen molar-refractivity contribution in [3.8, 4) is 0 Å². The normalized spacial score (nSPS) is 36.8. The Labute approximate surface area is 123 Å². The number of ether oxygens (including phenoxy) is 2. The number of nitrogens with two attached hydrogens (primary N) is 1. The van der Waals surface area contributed by atoms with E-state index < -0.39 is 0 Å². The van der Waals surface area contributed by atoms with Gasteiger partial charge in [0.2, 0.25) is 0 Å². The minimum Gasteiger partial charge on any atom is -0.378 e. The number of hydrogen-bond donors (Lipinski definition) is 1. The van der Waals surface area contributed by atoms with Gasteiger partial charge in [-0.15, -0.1) is 0 Å². The Morgan fingerprint density at radius 3 is 2.40 bits per heavy atom. The highest BCUT2D eigenvalue weighted by Gasteiger charge is 2.42. The first-order valence-corrected chi connectivity index (χ1v) is 8.77. The maximum atomic E-state index is 6.30. The van der Waals surface area contributed by atoms with E-state index in [4.69, 9.17) is 15.2 Å². The van der Waals surface area contributed by atoms with E-state index in [0.29, 0.717) is 17.9 Å². The van der Waals surface area contributed by atoms with Crippen LogP contribution in [0.5, 0.6) is 0 Å². The molecule has 1 heterocycles. The van der Waals surface area contributed by atoms with Crippen molar-refractivity contribution >= 4 is 0 Å². The van der Waals surface area contributed by atoms with Crippen LogP contribution in [0.1, 0.15) is 64.2 Å². The summed E-state index contributed by atoms with van der Waals surface area (Å²) in [6.07, 6.45) is 13.4. The second-order valence-corrected chi connectivity index (χ2v) is 7.25. The van der Waals surface area contributed by atoms with Crippen LogP contribution in [0.2, 0.25) is 0 Å². The van der Waals surface area contributed by atoms with Gasteiger partial charge < -0.3 is 15.2 Å². The zero-order valence-electron chi connectivity index (χ0n) is 12.8. The maximum absolute atomic E-state index is 6.30. The smallest absolute Gasteiger partial charge is 0.0817 e. The molecule has 1 saturated heterocycles. The van der Waals surface area contributed by atoms with Crippen LogP contribution in [0.15, 0.2) is 0 Å². The Balaban J connectivity index is 1.37. The fourth-order valence-electron chi connectivity index (χ4n) is 4.57. The van der Waals surface area contributed by atoms with Gasteiger partial charge in [0.25, 0.3) is 0 Å². The van der Waals surface area contributed by atoms with E-state index in [9.17, 15) is 0 Å². The molecule has 0 aromatic rings. The molecule has 3 fully saturated rings. The third kappa shape index (κ3) is 3.37. The van der Waals surface area contributed by atoms with Gasteiger partial charge in [-0.3, -0.25) is 0 Å². The first-order chi connectivity index (χ1) is 9.81. The van der Waals surface area contributed by atoms with E-state index in [2.05, 4.69) is 0 Å². The molecule has 3 unspecified atom stereocenters. The molecule has 0 aromatic heterocycles. The highest BCUT2D eigenvalue weighted by molar-refractivity contribution is 4.92. The molecule has 0 bridgehead atoms. The Morgan fingerprint density at radius 2 is 1.65 bits per heavy atom. The fraction of sp³-hybridized carbons (Fsp3) is 1.00. The van der Waals surface area contributed by atoms with E-state index in [1.54, 1.807) is 0 Å². The van der Waals surface area contributed by atoms with Crippen LogP contribution in [0.4, 0.5) is 0 Å². The molecule has 20 heavy (non-hydrogen) atoms. The van der Waals surface area contributed by atoms with Crippen LogP contribution in [0.3, 0.4) is 0 Å². The fourth-order valence-corrected chi connectivity index (χ4v) is 4.57. The lowest BCUT2D eigenvalue weighted by molar-refractivity contribution is -0.0747. The summed E-state index contributed by atoms with van der Waals surface area (Å²) in [5.41, 5.74) is 6.13. The van der Waals surface area contributed by atoms with Gasteiger partial charge in [-0.1, -0.05) is 25.7 Å². The summed E-state index contributed by atoms with van der Waals surface area (Å²) in [7, 11) is 0. The summed E-state index contributed by atoms with van der Waals surface area (Å²) in [6.45, 7) is 2.53. The molecule has 3 aliphatic rings. The van der Waals surface area contributed by atoms with Gasteiger partial charge >= 0.3 is 0 Å². The van der Waals surface area contributed by atoms with Crippen molar-refractivity contribution in [2.45, 2.75) is 75.9 Å². The molecular weight excluding hydrogens is 250 g/mol.